The minimum Gasteiger partial charge on any atom is -0.491 e. The maximum atomic E-state index is 14.1. The van der Waals surface area contributed by atoms with E-state index >= 15 is 0 Å². The van der Waals surface area contributed by atoms with Gasteiger partial charge in [-0.3, -0.25) is 9.52 Å². The number of ether oxygens (including phenoxy) is 1. The van der Waals surface area contributed by atoms with Gasteiger partial charge in [0.15, 0.2) is 17.3 Å². The molecule has 1 N–H and O–H groups in total. The van der Waals surface area contributed by atoms with Crippen LogP contribution < -0.4 is 9.46 Å². The summed E-state index contributed by atoms with van der Waals surface area (Å²) in [6, 6.07) is 12.0. The number of benzene rings is 2. The molecule has 1 aliphatic heterocycles. The first-order valence-electron chi connectivity index (χ1n) is 9.77. The molecule has 0 saturated carbocycles. The molecule has 0 aliphatic carbocycles. The largest absolute Gasteiger partial charge is 0.491 e. The molecule has 0 radical (unpaired) electrons. The van der Waals surface area contributed by atoms with Gasteiger partial charge in [0.05, 0.1) is 17.8 Å². The van der Waals surface area contributed by atoms with Crippen LogP contribution in [0.1, 0.15) is 28.6 Å². The molecule has 0 unspecified atom stereocenters. The number of hydrogen-bond donors (Lipinski definition) is 1. The average molecular weight is 444 g/mol. The summed E-state index contributed by atoms with van der Waals surface area (Å²) in [6.45, 7) is 2.87. The smallest absolute Gasteiger partial charge is 0.289 e. The van der Waals surface area contributed by atoms with E-state index in [0.717, 1.165) is 17.2 Å². The maximum Gasteiger partial charge on any atom is 0.289 e. The monoisotopic (exact) mass is 444 g/mol. The van der Waals surface area contributed by atoms with Crippen molar-refractivity contribution in [2.45, 2.75) is 24.8 Å². The van der Waals surface area contributed by atoms with E-state index in [9.17, 15) is 17.6 Å². The molecule has 0 bridgehead atoms. The second-order valence-corrected chi connectivity index (χ2v) is 8.75. The standard InChI is InChI=1S/C22H21FN2O5S/c1-2-29-20-8-7-18(13-19(20)23)31(27,28)24-17-6-5-15-9-10-25(14-16(15)12-17)22(26)21-4-3-11-30-21/h3-8,11-13,24H,2,9-10,14H2,1H3. The summed E-state index contributed by atoms with van der Waals surface area (Å²) < 4.78 is 52.3. The Hall–Kier alpha value is -3.33. The Bertz CT molecular complexity index is 1210. The summed E-state index contributed by atoms with van der Waals surface area (Å²) in [5, 5.41) is 0. The number of nitrogens with one attached hydrogen (secondary N) is 1. The SMILES string of the molecule is CCOc1ccc(S(=O)(=O)Nc2ccc3c(c2)CN(C(=O)c2ccco2)CC3)cc1F. The predicted octanol–water partition coefficient (Wildman–Crippen LogP) is 3.82. The first kappa shape index (κ1) is 20.9. The fourth-order valence-corrected chi connectivity index (χ4v) is 4.55. The third-order valence-corrected chi connectivity index (χ3v) is 6.38. The lowest BCUT2D eigenvalue weighted by Crippen LogP contribution is -2.35. The highest BCUT2D eigenvalue weighted by molar-refractivity contribution is 7.92. The number of sulfonamides is 1. The Kier molecular flexibility index (Phi) is 5.69. The third-order valence-electron chi connectivity index (χ3n) is 5.00. The molecule has 31 heavy (non-hydrogen) atoms. The quantitative estimate of drug-likeness (QED) is 0.625. The lowest BCUT2D eigenvalue weighted by atomic mass is 9.99. The molecule has 0 fully saturated rings. The maximum absolute atomic E-state index is 14.1. The van der Waals surface area contributed by atoms with E-state index in [0.29, 0.717) is 25.2 Å². The van der Waals surface area contributed by atoms with Gasteiger partial charge in [-0.15, -0.1) is 0 Å². The van der Waals surface area contributed by atoms with Gasteiger partial charge < -0.3 is 14.1 Å². The number of nitrogens with zero attached hydrogens (tertiary/aromatic N) is 1. The first-order valence-corrected chi connectivity index (χ1v) is 11.3. The molecule has 1 aromatic heterocycles. The molecule has 3 aromatic rings. The van der Waals surface area contributed by atoms with Crippen LogP contribution in [0.3, 0.4) is 0 Å². The topological polar surface area (TPSA) is 88.9 Å². The van der Waals surface area contributed by atoms with Crippen LogP contribution in [-0.2, 0) is 23.0 Å². The van der Waals surface area contributed by atoms with Crippen LogP contribution in [0.2, 0.25) is 0 Å². The summed E-state index contributed by atoms with van der Waals surface area (Å²) in [7, 11) is -4.00. The Morgan fingerprint density at radius 3 is 2.74 bits per heavy atom. The third kappa shape index (κ3) is 4.41. The van der Waals surface area contributed by atoms with Gasteiger partial charge in [-0.1, -0.05) is 6.07 Å². The lowest BCUT2D eigenvalue weighted by Gasteiger charge is -2.28. The zero-order chi connectivity index (χ0) is 22.0. The molecule has 0 saturated heterocycles. The van der Waals surface area contributed by atoms with Crippen molar-refractivity contribution < 1.29 is 26.8 Å². The van der Waals surface area contributed by atoms with Gasteiger partial charge in [-0.25, -0.2) is 12.8 Å². The molecule has 1 amide bonds. The van der Waals surface area contributed by atoms with Gasteiger partial charge in [-0.05, 0) is 66.9 Å². The van der Waals surface area contributed by atoms with Crippen LogP contribution in [0.5, 0.6) is 5.75 Å². The molecular formula is C22H21FN2O5S. The van der Waals surface area contributed by atoms with Crippen molar-refractivity contribution in [3.63, 3.8) is 0 Å². The number of carbonyl (C=O) groups is 1. The van der Waals surface area contributed by atoms with Crippen molar-refractivity contribution in [1.29, 1.82) is 0 Å². The number of hydrogen-bond acceptors (Lipinski definition) is 5. The van der Waals surface area contributed by atoms with Gasteiger partial charge in [0, 0.05) is 18.8 Å². The van der Waals surface area contributed by atoms with Crippen molar-refractivity contribution in [3.8, 4) is 5.75 Å². The van der Waals surface area contributed by atoms with Crippen LogP contribution in [0.4, 0.5) is 10.1 Å². The molecule has 7 nitrogen and oxygen atoms in total. The van der Waals surface area contributed by atoms with Crippen molar-refractivity contribution in [1.82, 2.24) is 4.90 Å². The molecule has 2 heterocycles. The highest BCUT2D eigenvalue weighted by Crippen LogP contribution is 2.27. The lowest BCUT2D eigenvalue weighted by molar-refractivity contribution is 0.0702. The molecule has 2 aromatic carbocycles. The van der Waals surface area contributed by atoms with Crippen LogP contribution in [0.25, 0.3) is 0 Å². The Balaban J connectivity index is 1.53. The average Bonchev–Trinajstić information content (AvgIpc) is 3.29. The van der Waals surface area contributed by atoms with Crippen LogP contribution in [-0.4, -0.2) is 32.4 Å². The van der Waals surface area contributed by atoms with Crippen molar-refractivity contribution in [2.75, 3.05) is 17.9 Å². The summed E-state index contributed by atoms with van der Waals surface area (Å²) >= 11 is 0. The highest BCUT2D eigenvalue weighted by atomic mass is 32.2. The summed E-state index contributed by atoms with van der Waals surface area (Å²) in [5.41, 5.74) is 2.21. The number of furan rings is 1. The van der Waals surface area contributed by atoms with E-state index in [-0.39, 0.29) is 28.9 Å². The second-order valence-electron chi connectivity index (χ2n) is 7.07. The van der Waals surface area contributed by atoms with Crippen LogP contribution in [0, 0.1) is 5.82 Å². The molecular weight excluding hydrogens is 423 g/mol. The van der Waals surface area contributed by atoms with Gasteiger partial charge in [0.1, 0.15) is 0 Å². The van der Waals surface area contributed by atoms with E-state index in [1.807, 2.05) is 6.07 Å². The fraction of sp³-hybridized carbons (Fsp3) is 0.227. The fourth-order valence-electron chi connectivity index (χ4n) is 3.49. The molecule has 4 rings (SSSR count). The van der Waals surface area contributed by atoms with E-state index in [1.54, 1.807) is 36.1 Å². The first-order chi connectivity index (χ1) is 14.9. The van der Waals surface area contributed by atoms with E-state index in [2.05, 4.69) is 4.72 Å². The number of fused-ring (bicyclic) bond motifs is 1. The van der Waals surface area contributed by atoms with Gasteiger partial charge in [0.2, 0.25) is 0 Å². The number of amides is 1. The summed E-state index contributed by atoms with van der Waals surface area (Å²) in [4.78, 5) is 14.0. The van der Waals surface area contributed by atoms with Crippen molar-refractivity contribution in [2.24, 2.45) is 0 Å². The van der Waals surface area contributed by atoms with E-state index in [1.165, 1.54) is 18.4 Å². The molecule has 1 aliphatic rings. The van der Waals surface area contributed by atoms with Crippen molar-refractivity contribution >= 4 is 21.6 Å². The number of halogens is 1. The van der Waals surface area contributed by atoms with Crippen LogP contribution >= 0.6 is 0 Å². The molecule has 0 atom stereocenters. The Morgan fingerprint density at radius 2 is 2.03 bits per heavy atom. The van der Waals surface area contributed by atoms with Gasteiger partial charge in [0.25, 0.3) is 15.9 Å². The van der Waals surface area contributed by atoms with E-state index < -0.39 is 15.8 Å². The number of rotatable bonds is 6. The van der Waals surface area contributed by atoms with Gasteiger partial charge >= 0.3 is 0 Å². The summed E-state index contributed by atoms with van der Waals surface area (Å²) in [5.74, 6) is -0.705. The Labute approximate surface area is 179 Å². The van der Waals surface area contributed by atoms with Crippen molar-refractivity contribution in [3.05, 3.63) is 77.5 Å². The molecule has 9 heteroatoms. The second kappa shape index (κ2) is 8.43. The highest BCUT2D eigenvalue weighted by Gasteiger charge is 2.24. The number of carbonyl (C=O) groups excluding carboxylic acids is 1. The molecule has 0 spiro atoms. The zero-order valence-electron chi connectivity index (χ0n) is 16.8. The van der Waals surface area contributed by atoms with E-state index in [4.69, 9.17) is 9.15 Å². The predicted molar refractivity (Wildman–Crippen MR) is 112 cm³/mol. The normalized spacial score (nSPS) is 13.5. The van der Waals surface area contributed by atoms with Gasteiger partial charge in [-0.2, -0.15) is 0 Å². The zero-order valence-corrected chi connectivity index (χ0v) is 17.6. The minimum atomic E-state index is -4.00. The minimum absolute atomic E-state index is 0.00320. The molecule has 162 valence electrons. The number of anilines is 1. The Morgan fingerprint density at radius 1 is 1.19 bits per heavy atom. The summed E-state index contributed by atoms with van der Waals surface area (Å²) in [6.07, 6.45) is 2.10. The van der Waals surface area contributed by atoms with Crippen LogP contribution in [0.15, 0.2) is 64.1 Å².